The smallest absolute Gasteiger partial charge is 0.471 e. The lowest BCUT2D eigenvalue weighted by Gasteiger charge is -2.26. The first kappa shape index (κ1) is 21.2. The maximum absolute atomic E-state index is 14.9. The molecule has 3 aromatic rings. The molecule has 0 bridgehead atoms. The summed E-state index contributed by atoms with van der Waals surface area (Å²) in [5, 5.41) is 5.94. The van der Waals surface area contributed by atoms with Crippen molar-refractivity contribution in [1.29, 1.82) is 0 Å². The Hall–Kier alpha value is -3.02. The van der Waals surface area contributed by atoms with E-state index in [2.05, 4.69) is 19.6 Å². The second kappa shape index (κ2) is 8.25. The van der Waals surface area contributed by atoms with Crippen LogP contribution in [0.2, 0.25) is 0 Å². The number of hydrogen-bond donors (Lipinski definition) is 0. The number of benzene rings is 1. The minimum absolute atomic E-state index is 0.0216. The summed E-state index contributed by atoms with van der Waals surface area (Å²) in [6.07, 6.45) is -2.44. The predicted octanol–water partition coefficient (Wildman–Crippen LogP) is 4.09. The van der Waals surface area contributed by atoms with Crippen LogP contribution in [0.5, 0.6) is 5.75 Å². The zero-order valence-electron chi connectivity index (χ0n) is 16.1. The van der Waals surface area contributed by atoms with Crippen molar-refractivity contribution in [2.24, 2.45) is 0 Å². The van der Waals surface area contributed by atoms with Crippen molar-refractivity contribution in [2.45, 2.75) is 38.5 Å². The number of alkyl halides is 3. The van der Waals surface area contributed by atoms with Crippen LogP contribution in [0, 0.1) is 5.82 Å². The molecule has 1 aliphatic heterocycles. The highest BCUT2D eigenvalue weighted by Gasteiger charge is 2.38. The van der Waals surface area contributed by atoms with Crippen LogP contribution < -0.4 is 4.74 Å². The van der Waals surface area contributed by atoms with E-state index in [1.165, 1.54) is 22.3 Å². The molecular formula is C19H16F4N4O3S. The van der Waals surface area contributed by atoms with E-state index in [0.717, 1.165) is 11.1 Å². The van der Waals surface area contributed by atoms with Gasteiger partial charge >= 0.3 is 12.1 Å². The number of aromatic nitrogens is 3. The van der Waals surface area contributed by atoms with Crippen molar-refractivity contribution in [3.63, 3.8) is 0 Å². The van der Waals surface area contributed by atoms with Crippen LogP contribution in [0.1, 0.15) is 29.8 Å². The third-order valence-electron chi connectivity index (χ3n) is 4.78. The molecule has 31 heavy (non-hydrogen) atoms. The Bertz CT molecular complexity index is 1080. The molecule has 3 heterocycles. The molecule has 2 aromatic heterocycles. The van der Waals surface area contributed by atoms with Crippen LogP contribution in [-0.2, 0) is 23.9 Å². The monoisotopic (exact) mass is 456 g/mol. The Kier molecular flexibility index (Phi) is 5.65. The third-order valence-corrected chi connectivity index (χ3v) is 5.62. The van der Waals surface area contributed by atoms with Crippen molar-refractivity contribution < 1.29 is 31.6 Å². The Balaban J connectivity index is 1.57. The Morgan fingerprint density at radius 3 is 2.84 bits per heavy atom. The van der Waals surface area contributed by atoms with Gasteiger partial charge in [-0.15, -0.1) is 11.3 Å². The molecule has 0 aliphatic carbocycles. The summed E-state index contributed by atoms with van der Waals surface area (Å²) < 4.78 is 62.8. The molecule has 0 spiro atoms. The van der Waals surface area contributed by atoms with Gasteiger partial charge in [0.1, 0.15) is 18.2 Å². The first-order valence-corrected chi connectivity index (χ1v) is 10.1. The second-order valence-corrected chi connectivity index (χ2v) is 7.94. The quantitative estimate of drug-likeness (QED) is 0.550. The molecule has 4 rings (SSSR count). The summed E-state index contributed by atoms with van der Waals surface area (Å²) in [5.74, 6) is -2.72. The molecule has 12 heteroatoms. The van der Waals surface area contributed by atoms with Crippen molar-refractivity contribution in [3.05, 3.63) is 46.0 Å². The van der Waals surface area contributed by atoms with E-state index in [1.807, 2.05) is 5.38 Å². The Labute approximate surface area is 177 Å². The molecule has 164 valence electrons. The first-order chi connectivity index (χ1) is 14.7. The summed E-state index contributed by atoms with van der Waals surface area (Å²) in [4.78, 5) is 21.7. The molecule has 0 saturated heterocycles. The van der Waals surface area contributed by atoms with E-state index >= 15 is 0 Å². The zero-order valence-corrected chi connectivity index (χ0v) is 17.0. The van der Waals surface area contributed by atoms with Gasteiger partial charge in [-0.05, 0) is 19.1 Å². The maximum Gasteiger partial charge on any atom is 0.471 e. The number of amides is 1. The van der Waals surface area contributed by atoms with Crippen LogP contribution >= 0.6 is 11.3 Å². The number of rotatable bonds is 4. The fraction of sp³-hybridized carbons (Fsp3) is 0.368. The van der Waals surface area contributed by atoms with E-state index in [0.29, 0.717) is 6.42 Å². The van der Waals surface area contributed by atoms with E-state index < -0.39 is 23.7 Å². The topological polar surface area (TPSA) is 81.4 Å². The largest absolute Gasteiger partial charge is 0.491 e. The predicted molar refractivity (Wildman–Crippen MR) is 101 cm³/mol. The van der Waals surface area contributed by atoms with Crippen LogP contribution in [0.25, 0.3) is 11.4 Å². The molecule has 0 saturated carbocycles. The zero-order chi connectivity index (χ0) is 22.2. The molecule has 0 unspecified atom stereocenters. The summed E-state index contributed by atoms with van der Waals surface area (Å²) in [7, 11) is 0. The van der Waals surface area contributed by atoms with Gasteiger partial charge in [0.15, 0.2) is 0 Å². The first-order valence-electron chi connectivity index (χ1n) is 9.26. The minimum Gasteiger partial charge on any atom is -0.491 e. The maximum atomic E-state index is 14.9. The van der Waals surface area contributed by atoms with E-state index in [1.54, 1.807) is 13.1 Å². The van der Waals surface area contributed by atoms with Gasteiger partial charge in [0.25, 0.3) is 0 Å². The lowest BCUT2D eigenvalue weighted by Crippen LogP contribution is -2.40. The van der Waals surface area contributed by atoms with Gasteiger partial charge in [0.2, 0.25) is 11.7 Å². The Morgan fingerprint density at radius 2 is 2.16 bits per heavy atom. The fourth-order valence-electron chi connectivity index (χ4n) is 3.17. The average molecular weight is 456 g/mol. The number of ether oxygens (including phenoxy) is 1. The van der Waals surface area contributed by atoms with Crippen molar-refractivity contribution in [3.8, 4) is 17.1 Å². The Morgan fingerprint density at radius 1 is 1.35 bits per heavy atom. The highest BCUT2D eigenvalue weighted by atomic mass is 32.1. The molecule has 0 radical (unpaired) electrons. The second-order valence-electron chi connectivity index (χ2n) is 6.96. The number of carbonyl (C=O) groups is 1. The van der Waals surface area contributed by atoms with Gasteiger partial charge in [-0.3, -0.25) is 4.79 Å². The number of thiazole rings is 1. The number of fused-ring (bicyclic) bond motifs is 1. The molecule has 1 amide bonds. The number of carbonyl (C=O) groups excluding carboxylic acids is 1. The van der Waals surface area contributed by atoms with Gasteiger partial charge in [0.05, 0.1) is 17.6 Å². The third kappa shape index (κ3) is 4.53. The summed E-state index contributed by atoms with van der Waals surface area (Å²) in [5.41, 5.74) is 0.113. The fourth-order valence-corrected chi connectivity index (χ4v) is 3.79. The van der Waals surface area contributed by atoms with Crippen LogP contribution in [0.15, 0.2) is 28.2 Å². The summed E-state index contributed by atoms with van der Waals surface area (Å²) in [6.45, 7) is 1.85. The van der Waals surface area contributed by atoms with Crippen LogP contribution in [0.4, 0.5) is 17.6 Å². The van der Waals surface area contributed by atoms with Crippen LogP contribution in [-0.4, -0.2) is 38.6 Å². The normalized spacial score (nSPS) is 16.5. The molecular weight excluding hydrogens is 440 g/mol. The van der Waals surface area contributed by atoms with Gasteiger partial charge in [0, 0.05) is 35.5 Å². The number of hydrogen-bond acceptors (Lipinski definition) is 7. The van der Waals surface area contributed by atoms with Crippen LogP contribution in [0.3, 0.4) is 0 Å². The lowest BCUT2D eigenvalue weighted by atomic mass is 10.1. The van der Waals surface area contributed by atoms with Crippen molar-refractivity contribution >= 4 is 17.2 Å². The van der Waals surface area contributed by atoms with E-state index in [9.17, 15) is 22.4 Å². The van der Waals surface area contributed by atoms with Gasteiger partial charge in [-0.25, -0.2) is 9.37 Å². The highest BCUT2D eigenvalue weighted by Crippen LogP contribution is 2.34. The number of halogens is 4. The van der Waals surface area contributed by atoms with Crippen molar-refractivity contribution in [2.75, 3.05) is 6.61 Å². The van der Waals surface area contributed by atoms with Crippen molar-refractivity contribution in [1.82, 2.24) is 20.0 Å². The summed E-state index contributed by atoms with van der Waals surface area (Å²) >= 11 is 1.45. The molecule has 1 aliphatic rings. The van der Waals surface area contributed by atoms with Gasteiger partial charge in [-0.2, -0.15) is 18.2 Å². The molecule has 1 atom stereocenters. The highest BCUT2D eigenvalue weighted by molar-refractivity contribution is 7.09. The molecule has 0 N–H and O–H groups in total. The van der Waals surface area contributed by atoms with Gasteiger partial charge < -0.3 is 14.2 Å². The average Bonchev–Trinajstić information content (AvgIpc) is 3.38. The molecule has 0 fully saturated rings. The lowest BCUT2D eigenvalue weighted by molar-refractivity contribution is -0.159. The summed E-state index contributed by atoms with van der Waals surface area (Å²) in [6, 6.07) is 2.02. The van der Waals surface area contributed by atoms with E-state index in [-0.39, 0.29) is 48.4 Å². The standard InChI is InChI=1S/C19H16F4N4O3S/c1-10-9-29-14-7-11(17-25-18(30-26-17)19(21,22)23)6-13(20)12(14)8-27(10)16(28)3-2-15-24-4-5-31-15/h4-7,10H,2-3,8-9H2,1H3/t10-/m0/s1. The SMILES string of the molecule is C[C@H]1COc2cc(-c3noc(C(F)(F)F)n3)cc(F)c2CN1C(=O)CCc1nccs1. The van der Waals surface area contributed by atoms with E-state index in [4.69, 9.17) is 4.74 Å². The minimum atomic E-state index is -4.80. The number of aryl methyl sites for hydroxylation is 1. The van der Waals surface area contributed by atoms with Gasteiger partial charge in [-0.1, -0.05) is 5.16 Å². The molecule has 7 nitrogen and oxygen atoms in total. The molecule has 1 aromatic carbocycles. The number of nitrogens with zero attached hydrogens (tertiary/aromatic N) is 4.